The van der Waals surface area contributed by atoms with Crippen LogP contribution in [0.1, 0.15) is 11.1 Å². The summed E-state index contributed by atoms with van der Waals surface area (Å²) in [5.74, 6) is 0.798. The van der Waals surface area contributed by atoms with Crippen molar-refractivity contribution in [2.45, 2.75) is 17.5 Å². The lowest BCUT2D eigenvalue weighted by Crippen LogP contribution is -2.05. The van der Waals surface area contributed by atoms with E-state index in [4.69, 9.17) is 5.73 Å². The van der Waals surface area contributed by atoms with Crippen LogP contribution in [0.15, 0.2) is 39.9 Å². The fraction of sp³-hybridized carbons (Fsp3) is 0.231. The summed E-state index contributed by atoms with van der Waals surface area (Å²) in [6.45, 7) is 0. The molecule has 2 aromatic rings. The van der Waals surface area contributed by atoms with Crippen molar-refractivity contribution in [3.63, 3.8) is 0 Å². The van der Waals surface area contributed by atoms with Gasteiger partial charge in [0.15, 0.2) is 0 Å². The quantitative estimate of drug-likeness (QED) is 0.655. The Bertz CT molecular complexity index is 535. The Morgan fingerprint density at radius 2 is 2.00 bits per heavy atom. The molecule has 0 saturated carbocycles. The highest BCUT2D eigenvalue weighted by Crippen LogP contribution is 2.34. The third-order valence-electron chi connectivity index (χ3n) is 2.57. The van der Waals surface area contributed by atoms with Crippen LogP contribution in [0.25, 0.3) is 0 Å². The second-order valence-corrected chi connectivity index (χ2v) is 5.90. The van der Waals surface area contributed by atoms with Crippen molar-refractivity contribution in [1.82, 2.24) is 0 Å². The Kier molecular flexibility index (Phi) is 4.42. The fourth-order valence-electron chi connectivity index (χ4n) is 1.57. The summed E-state index contributed by atoms with van der Waals surface area (Å²) < 4.78 is 37.4. The topological polar surface area (TPSA) is 26.0 Å². The van der Waals surface area contributed by atoms with Crippen molar-refractivity contribution in [3.8, 4) is 0 Å². The van der Waals surface area contributed by atoms with Crippen LogP contribution in [0.5, 0.6) is 0 Å². The fourth-order valence-corrected chi connectivity index (χ4v) is 3.22. The molecule has 2 N–H and O–H groups in total. The van der Waals surface area contributed by atoms with Crippen LogP contribution >= 0.6 is 23.1 Å². The molecule has 6 heteroatoms. The Labute approximate surface area is 117 Å². The van der Waals surface area contributed by atoms with Crippen LogP contribution in [0.2, 0.25) is 0 Å². The molecule has 0 saturated heterocycles. The smallest absolute Gasteiger partial charge is 0.398 e. The van der Waals surface area contributed by atoms with Gasteiger partial charge in [-0.3, -0.25) is 0 Å². The third-order valence-corrected chi connectivity index (χ3v) is 4.39. The average molecular weight is 303 g/mol. The van der Waals surface area contributed by atoms with Crippen molar-refractivity contribution in [3.05, 3.63) is 46.2 Å². The van der Waals surface area contributed by atoms with Gasteiger partial charge in [-0.05, 0) is 47.0 Å². The summed E-state index contributed by atoms with van der Waals surface area (Å²) >= 11 is 3.11. The number of thioether (sulfide) groups is 1. The van der Waals surface area contributed by atoms with E-state index in [1.54, 1.807) is 11.3 Å². The molecule has 1 heterocycles. The number of benzene rings is 1. The van der Waals surface area contributed by atoms with E-state index in [2.05, 4.69) is 5.38 Å². The number of alkyl halides is 3. The summed E-state index contributed by atoms with van der Waals surface area (Å²) in [5.41, 5.74) is 6.38. The second kappa shape index (κ2) is 5.88. The molecule has 2 rings (SSSR count). The Balaban J connectivity index is 1.97. The van der Waals surface area contributed by atoms with Gasteiger partial charge < -0.3 is 5.73 Å². The number of rotatable bonds is 4. The third kappa shape index (κ3) is 3.91. The average Bonchev–Trinajstić information content (AvgIpc) is 2.83. The Hall–Kier alpha value is -1.14. The standard InChI is InChI=1S/C13H12F3NS2/c14-13(15,16)10-1-2-12(11(17)7-10)19-6-4-9-3-5-18-8-9/h1-3,5,7-8H,4,6,17H2. The maximum atomic E-state index is 12.5. The molecule has 0 aliphatic heterocycles. The highest BCUT2D eigenvalue weighted by Gasteiger charge is 2.30. The van der Waals surface area contributed by atoms with Gasteiger partial charge in [0, 0.05) is 16.3 Å². The van der Waals surface area contributed by atoms with Gasteiger partial charge >= 0.3 is 6.18 Å². The Morgan fingerprint density at radius 1 is 1.21 bits per heavy atom. The molecule has 0 unspecified atom stereocenters. The van der Waals surface area contributed by atoms with Gasteiger partial charge in [-0.1, -0.05) is 0 Å². The van der Waals surface area contributed by atoms with Gasteiger partial charge in [0.2, 0.25) is 0 Å². The number of hydrogen-bond donors (Lipinski definition) is 1. The van der Waals surface area contributed by atoms with Crippen LogP contribution in [0, 0.1) is 0 Å². The first-order valence-corrected chi connectivity index (χ1v) is 7.50. The van der Waals surface area contributed by atoms with E-state index in [-0.39, 0.29) is 5.69 Å². The molecular weight excluding hydrogens is 291 g/mol. The number of thiophene rings is 1. The first-order chi connectivity index (χ1) is 8.97. The molecule has 1 nitrogen and oxygen atoms in total. The van der Waals surface area contributed by atoms with Crippen LogP contribution in [-0.4, -0.2) is 5.75 Å². The molecule has 0 amide bonds. The molecule has 0 radical (unpaired) electrons. The number of nitrogens with two attached hydrogens (primary N) is 1. The van der Waals surface area contributed by atoms with E-state index < -0.39 is 11.7 Å². The maximum Gasteiger partial charge on any atom is 0.416 e. The molecule has 1 aromatic carbocycles. The van der Waals surface area contributed by atoms with Crippen molar-refractivity contribution < 1.29 is 13.2 Å². The molecule has 0 fully saturated rings. The number of anilines is 1. The summed E-state index contributed by atoms with van der Waals surface area (Å²) in [7, 11) is 0. The highest BCUT2D eigenvalue weighted by atomic mass is 32.2. The second-order valence-electron chi connectivity index (χ2n) is 3.98. The predicted octanol–water partition coefficient (Wildman–Crippen LogP) is 4.68. The van der Waals surface area contributed by atoms with Crippen LogP contribution in [0.4, 0.5) is 18.9 Å². The minimum atomic E-state index is -4.34. The summed E-state index contributed by atoms with van der Waals surface area (Å²) in [4.78, 5) is 0.697. The van der Waals surface area contributed by atoms with Gasteiger partial charge in [-0.15, -0.1) is 11.8 Å². The SMILES string of the molecule is Nc1cc(C(F)(F)F)ccc1SCCc1ccsc1. The van der Waals surface area contributed by atoms with Crippen molar-refractivity contribution in [2.24, 2.45) is 0 Å². The first-order valence-electron chi connectivity index (χ1n) is 5.57. The van der Waals surface area contributed by atoms with E-state index in [1.165, 1.54) is 23.4 Å². The normalized spacial score (nSPS) is 11.7. The van der Waals surface area contributed by atoms with E-state index in [9.17, 15) is 13.2 Å². The largest absolute Gasteiger partial charge is 0.416 e. The van der Waals surface area contributed by atoms with Gasteiger partial charge in [0.05, 0.1) is 5.56 Å². The van der Waals surface area contributed by atoms with E-state index in [0.29, 0.717) is 4.90 Å². The summed E-state index contributed by atoms with van der Waals surface area (Å²) in [6, 6.07) is 5.55. The van der Waals surface area contributed by atoms with Gasteiger partial charge in [-0.25, -0.2) is 0 Å². The molecule has 0 aliphatic rings. The number of hydrogen-bond acceptors (Lipinski definition) is 3. The molecule has 1 aromatic heterocycles. The number of nitrogen functional groups attached to an aromatic ring is 1. The van der Waals surface area contributed by atoms with E-state index in [1.807, 2.05) is 11.4 Å². The molecule has 19 heavy (non-hydrogen) atoms. The lowest BCUT2D eigenvalue weighted by Gasteiger charge is -2.10. The van der Waals surface area contributed by atoms with Gasteiger partial charge in [-0.2, -0.15) is 24.5 Å². The lowest BCUT2D eigenvalue weighted by atomic mass is 10.2. The molecule has 0 spiro atoms. The van der Waals surface area contributed by atoms with E-state index >= 15 is 0 Å². The number of aryl methyl sites for hydroxylation is 1. The maximum absolute atomic E-state index is 12.5. The monoisotopic (exact) mass is 303 g/mol. The zero-order valence-electron chi connectivity index (χ0n) is 9.91. The van der Waals surface area contributed by atoms with Crippen molar-refractivity contribution in [2.75, 3.05) is 11.5 Å². The van der Waals surface area contributed by atoms with Crippen LogP contribution in [-0.2, 0) is 12.6 Å². The molecule has 102 valence electrons. The van der Waals surface area contributed by atoms with Gasteiger partial charge in [0.25, 0.3) is 0 Å². The highest BCUT2D eigenvalue weighted by molar-refractivity contribution is 7.99. The minimum absolute atomic E-state index is 0.185. The molecule has 0 aliphatic carbocycles. The van der Waals surface area contributed by atoms with Gasteiger partial charge in [0.1, 0.15) is 0 Å². The predicted molar refractivity (Wildman–Crippen MR) is 74.6 cm³/mol. The number of halogens is 3. The minimum Gasteiger partial charge on any atom is -0.398 e. The van der Waals surface area contributed by atoms with Crippen LogP contribution < -0.4 is 5.73 Å². The zero-order valence-corrected chi connectivity index (χ0v) is 11.5. The lowest BCUT2D eigenvalue weighted by molar-refractivity contribution is -0.137. The zero-order chi connectivity index (χ0) is 13.9. The first kappa shape index (κ1) is 14.3. The molecule has 0 atom stereocenters. The van der Waals surface area contributed by atoms with Crippen molar-refractivity contribution in [1.29, 1.82) is 0 Å². The summed E-state index contributed by atoms with van der Waals surface area (Å²) in [6.07, 6.45) is -3.46. The molecular formula is C13H12F3NS2. The van der Waals surface area contributed by atoms with E-state index in [0.717, 1.165) is 24.3 Å². The summed E-state index contributed by atoms with van der Waals surface area (Å²) in [5, 5.41) is 4.07. The van der Waals surface area contributed by atoms with Crippen LogP contribution in [0.3, 0.4) is 0 Å². The Morgan fingerprint density at radius 3 is 2.58 bits per heavy atom. The molecule has 0 bridgehead atoms. The van der Waals surface area contributed by atoms with Crippen molar-refractivity contribution >= 4 is 28.8 Å².